The molecule has 0 aliphatic carbocycles. The summed E-state index contributed by atoms with van der Waals surface area (Å²) in [6.45, 7) is 1.65. The summed E-state index contributed by atoms with van der Waals surface area (Å²) in [6, 6.07) is 1.91. The van der Waals surface area contributed by atoms with E-state index in [1.807, 2.05) is 0 Å². The highest BCUT2D eigenvalue weighted by Crippen LogP contribution is 2.38. The highest BCUT2D eigenvalue weighted by Gasteiger charge is 2.32. The summed E-state index contributed by atoms with van der Waals surface area (Å²) in [6.07, 6.45) is -4.90. The molecule has 7 nitrogen and oxygen atoms in total. The Balaban J connectivity index is 2.51. The van der Waals surface area contributed by atoms with Crippen LogP contribution in [0.1, 0.15) is 17.4 Å². The fourth-order valence-corrected chi connectivity index (χ4v) is 2.31. The number of ether oxygens (including phenoxy) is 2. The average molecular weight is 443 g/mol. The summed E-state index contributed by atoms with van der Waals surface area (Å²) in [4.78, 5) is 11.8. The summed E-state index contributed by atoms with van der Waals surface area (Å²) >= 11 is 1.63. The fraction of sp³-hybridized carbons (Fsp3) is 0.250. The lowest BCUT2D eigenvalue weighted by Gasteiger charge is -2.12. The van der Waals surface area contributed by atoms with Crippen LogP contribution in [-0.4, -0.2) is 39.5 Å². The van der Waals surface area contributed by atoms with E-state index in [0.717, 1.165) is 12.1 Å². The molecule has 0 amide bonds. The van der Waals surface area contributed by atoms with Gasteiger partial charge in [0.25, 0.3) is 0 Å². The first kappa shape index (κ1) is 17.3. The van der Waals surface area contributed by atoms with E-state index in [4.69, 9.17) is 4.74 Å². The molecule has 0 saturated carbocycles. The summed E-state index contributed by atoms with van der Waals surface area (Å²) < 4.78 is 45.8. The second kappa shape index (κ2) is 6.60. The van der Waals surface area contributed by atoms with Crippen molar-refractivity contribution in [3.05, 3.63) is 21.4 Å². The topological polar surface area (TPSA) is 97.3 Å². The quantitative estimate of drug-likeness (QED) is 0.558. The van der Waals surface area contributed by atoms with Crippen molar-refractivity contribution in [3.63, 3.8) is 0 Å². The van der Waals surface area contributed by atoms with Crippen molar-refractivity contribution >= 4 is 28.6 Å². The number of nitrogens with one attached hydrogen (secondary N) is 1. The van der Waals surface area contributed by atoms with Crippen molar-refractivity contribution in [2.45, 2.75) is 13.3 Å². The van der Waals surface area contributed by atoms with E-state index in [1.165, 1.54) is 0 Å². The van der Waals surface area contributed by atoms with Gasteiger partial charge in [-0.05, 0) is 41.6 Å². The van der Waals surface area contributed by atoms with Gasteiger partial charge in [0.05, 0.1) is 15.7 Å². The Morgan fingerprint density at radius 3 is 2.70 bits per heavy atom. The molecule has 0 spiro atoms. The smallest absolute Gasteiger partial charge is 0.506 e. The minimum atomic E-state index is -4.90. The van der Waals surface area contributed by atoms with Crippen molar-refractivity contribution in [2.75, 3.05) is 6.61 Å². The van der Waals surface area contributed by atoms with Crippen molar-refractivity contribution in [2.24, 2.45) is 0 Å². The van der Waals surface area contributed by atoms with E-state index in [9.17, 15) is 23.1 Å². The molecule has 2 aromatic rings. The number of hydrogen-bond donors (Lipinski definition) is 2. The Bertz CT molecular complexity index is 733. The third kappa shape index (κ3) is 4.03. The van der Waals surface area contributed by atoms with Crippen molar-refractivity contribution in [3.8, 4) is 22.8 Å². The Morgan fingerprint density at radius 2 is 2.09 bits per heavy atom. The number of H-pyrrole nitrogens is 1. The van der Waals surface area contributed by atoms with Crippen LogP contribution in [0, 0.1) is 3.57 Å². The number of nitrogens with zero attached hydrogens (tertiary/aromatic N) is 2. The van der Waals surface area contributed by atoms with Crippen molar-refractivity contribution in [1.29, 1.82) is 0 Å². The van der Waals surface area contributed by atoms with Gasteiger partial charge in [0.1, 0.15) is 17.2 Å². The number of carbonyl (C=O) groups is 1. The highest BCUT2D eigenvalue weighted by atomic mass is 127. The first-order chi connectivity index (χ1) is 10.7. The first-order valence-electron chi connectivity index (χ1n) is 6.09. The highest BCUT2D eigenvalue weighted by molar-refractivity contribution is 14.1. The zero-order chi connectivity index (χ0) is 17.2. The summed E-state index contributed by atoms with van der Waals surface area (Å²) in [7, 11) is 0. The molecule has 23 heavy (non-hydrogen) atoms. The number of halogens is 4. The number of benzene rings is 1. The van der Waals surface area contributed by atoms with Gasteiger partial charge >= 0.3 is 12.3 Å². The van der Waals surface area contributed by atoms with Crippen LogP contribution in [0.5, 0.6) is 11.5 Å². The molecule has 1 heterocycles. The second-order valence-corrected chi connectivity index (χ2v) is 5.25. The van der Waals surface area contributed by atoms with Crippen LogP contribution >= 0.6 is 22.6 Å². The molecule has 0 unspecified atom stereocenters. The largest absolute Gasteiger partial charge is 0.573 e. The zero-order valence-electron chi connectivity index (χ0n) is 11.4. The molecule has 0 radical (unpaired) electrons. The Kier molecular flexibility index (Phi) is 4.97. The van der Waals surface area contributed by atoms with Gasteiger partial charge in [0.15, 0.2) is 5.69 Å². The van der Waals surface area contributed by atoms with Crippen LogP contribution in [0.2, 0.25) is 0 Å². The van der Waals surface area contributed by atoms with E-state index >= 15 is 0 Å². The van der Waals surface area contributed by atoms with E-state index in [-0.39, 0.29) is 32.9 Å². The SMILES string of the molecule is CCOC(=O)c1n[nH]nc1-c1cc(OC(F)(F)F)cc(I)c1O. The molecular weight excluding hydrogens is 434 g/mol. The maximum Gasteiger partial charge on any atom is 0.573 e. The van der Waals surface area contributed by atoms with Crippen LogP contribution < -0.4 is 4.74 Å². The molecule has 0 bridgehead atoms. The number of alkyl halides is 3. The van der Waals surface area contributed by atoms with Gasteiger partial charge in [-0.3, -0.25) is 0 Å². The summed E-state index contributed by atoms with van der Waals surface area (Å²) in [5.74, 6) is -1.75. The van der Waals surface area contributed by atoms with Crippen LogP contribution in [0.3, 0.4) is 0 Å². The van der Waals surface area contributed by atoms with E-state index in [0.29, 0.717) is 0 Å². The van der Waals surface area contributed by atoms with Gasteiger partial charge < -0.3 is 14.6 Å². The van der Waals surface area contributed by atoms with Gasteiger partial charge in [-0.2, -0.15) is 10.3 Å². The zero-order valence-corrected chi connectivity index (χ0v) is 13.6. The minimum absolute atomic E-state index is 0.0753. The number of phenolic OH excluding ortho intramolecular Hbond substituents is 1. The summed E-state index contributed by atoms with van der Waals surface area (Å²) in [5, 5.41) is 19.5. The molecule has 0 aliphatic rings. The Morgan fingerprint density at radius 1 is 1.39 bits per heavy atom. The van der Waals surface area contributed by atoms with Gasteiger partial charge in [0.2, 0.25) is 0 Å². The Hall–Kier alpha value is -2.05. The number of aromatic nitrogens is 3. The number of phenols is 1. The molecule has 1 aromatic heterocycles. The average Bonchev–Trinajstić information content (AvgIpc) is 2.90. The number of aromatic amines is 1. The maximum atomic E-state index is 12.4. The van der Waals surface area contributed by atoms with Crippen LogP contribution in [0.25, 0.3) is 11.3 Å². The fourth-order valence-electron chi connectivity index (χ4n) is 1.71. The van der Waals surface area contributed by atoms with Gasteiger partial charge in [0, 0.05) is 0 Å². The monoisotopic (exact) mass is 443 g/mol. The molecule has 2 rings (SSSR count). The third-order valence-corrected chi connectivity index (χ3v) is 3.36. The minimum Gasteiger partial charge on any atom is -0.506 e. The lowest BCUT2D eigenvalue weighted by Crippen LogP contribution is -2.17. The molecule has 11 heteroatoms. The second-order valence-electron chi connectivity index (χ2n) is 4.09. The molecule has 0 fully saturated rings. The molecule has 124 valence electrons. The van der Waals surface area contributed by atoms with E-state index in [2.05, 4.69) is 20.1 Å². The predicted molar refractivity (Wildman–Crippen MR) is 78.8 cm³/mol. The molecule has 0 aliphatic heterocycles. The van der Waals surface area contributed by atoms with Crippen LogP contribution in [0.4, 0.5) is 13.2 Å². The number of aromatic hydroxyl groups is 1. The van der Waals surface area contributed by atoms with Gasteiger partial charge in [-0.15, -0.1) is 18.3 Å². The van der Waals surface area contributed by atoms with E-state index < -0.39 is 18.1 Å². The number of rotatable bonds is 4. The van der Waals surface area contributed by atoms with Crippen LogP contribution in [0.15, 0.2) is 12.1 Å². The standard InChI is InChI=1S/C12H9F3IN3O4/c1-2-22-11(21)9-8(17-19-18-9)6-3-5(23-12(13,14)15)4-7(16)10(6)20/h3-4,20H,2H2,1H3,(H,17,18,19). The normalized spacial score (nSPS) is 11.3. The molecule has 0 saturated heterocycles. The van der Waals surface area contributed by atoms with Gasteiger partial charge in [-0.25, -0.2) is 4.79 Å². The number of carbonyl (C=O) groups excluding carboxylic acids is 1. The third-order valence-electron chi connectivity index (χ3n) is 2.54. The number of esters is 1. The maximum absolute atomic E-state index is 12.4. The Labute approximate surface area is 140 Å². The molecule has 1 aromatic carbocycles. The molecule has 0 atom stereocenters. The van der Waals surface area contributed by atoms with Gasteiger partial charge in [-0.1, -0.05) is 0 Å². The van der Waals surface area contributed by atoms with E-state index in [1.54, 1.807) is 29.5 Å². The van der Waals surface area contributed by atoms with Crippen LogP contribution in [-0.2, 0) is 4.74 Å². The summed E-state index contributed by atoms with van der Waals surface area (Å²) in [5.41, 5.74) is -0.554. The lowest BCUT2D eigenvalue weighted by molar-refractivity contribution is -0.274. The molecular formula is C12H9F3IN3O4. The molecule has 2 N–H and O–H groups in total. The predicted octanol–water partition coefficient (Wildman–Crippen LogP) is 2.86. The first-order valence-corrected chi connectivity index (χ1v) is 7.17. The van der Waals surface area contributed by atoms with Crippen molar-refractivity contribution < 1.29 is 32.5 Å². The lowest BCUT2D eigenvalue weighted by atomic mass is 10.1. The number of hydrogen-bond acceptors (Lipinski definition) is 6. The van der Waals surface area contributed by atoms with Crippen molar-refractivity contribution in [1.82, 2.24) is 15.4 Å².